The van der Waals surface area contributed by atoms with E-state index in [9.17, 15) is 9.59 Å². The molecule has 0 aliphatic carbocycles. The Morgan fingerprint density at radius 1 is 1.15 bits per heavy atom. The lowest BCUT2D eigenvalue weighted by atomic mass is 10.0. The van der Waals surface area contributed by atoms with Crippen molar-refractivity contribution < 1.29 is 14.3 Å². The van der Waals surface area contributed by atoms with Gasteiger partial charge in [0, 0.05) is 31.5 Å². The van der Waals surface area contributed by atoms with Crippen LogP contribution >= 0.6 is 0 Å². The molecule has 0 aromatic carbocycles. The van der Waals surface area contributed by atoms with Gasteiger partial charge < -0.3 is 19.5 Å². The third-order valence-corrected chi connectivity index (χ3v) is 4.43. The topological polar surface area (TPSA) is 76.5 Å². The molecule has 1 aliphatic rings. The minimum absolute atomic E-state index is 0.170. The number of ether oxygens (including phenoxy) is 1. The van der Waals surface area contributed by atoms with Crippen LogP contribution in [0.3, 0.4) is 0 Å². The highest BCUT2D eigenvalue weighted by atomic mass is 16.6. The predicted molar refractivity (Wildman–Crippen MR) is 103 cm³/mol. The molecule has 0 saturated carbocycles. The SMILES string of the molecule is CC(C)(C)OC(=O)N1CCC(n2cccc2C(=O)Nc2ccccn2)CC1. The first-order valence-corrected chi connectivity index (χ1v) is 9.20. The lowest BCUT2D eigenvalue weighted by molar-refractivity contribution is 0.0187. The molecule has 0 unspecified atom stereocenters. The van der Waals surface area contributed by atoms with Gasteiger partial charge in [0.15, 0.2) is 0 Å². The highest BCUT2D eigenvalue weighted by molar-refractivity contribution is 6.02. The second-order valence-corrected chi connectivity index (χ2v) is 7.67. The quantitative estimate of drug-likeness (QED) is 0.894. The molecule has 1 N–H and O–H groups in total. The van der Waals surface area contributed by atoms with Gasteiger partial charge in [-0.15, -0.1) is 0 Å². The largest absolute Gasteiger partial charge is 0.444 e. The van der Waals surface area contributed by atoms with Gasteiger partial charge in [0.1, 0.15) is 17.1 Å². The molecule has 7 heteroatoms. The number of carbonyl (C=O) groups is 2. The lowest BCUT2D eigenvalue weighted by Gasteiger charge is -2.34. The van der Waals surface area contributed by atoms with Crippen molar-refractivity contribution in [2.45, 2.75) is 45.3 Å². The number of carbonyl (C=O) groups excluding carboxylic acids is 2. The molecule has 0 spiro atoms. The highest BCUT2D eigenvalue weighted by Crippen LogP contribution is 2.26. The molecule has 3 heterocycles. The number of nitrogens with one attached hydrogen (secondary N) is 1. The predicted octanol–water partition coefficient (Wildman–Crippen LogP) is 3.71. The minimum Gasteiger partial charge on any atom is -0.444 e. The number of pyridine rings is 1. The van der Waals surface area contributed by atoms with Crippen LogP contribution in [-0.2, 0) is 4.74 Å². The van der Waals surface area contributed by atoms with Gasteiger partial charge in [-0.25, -0.2) is 9.78 Å². The van der Waals surface area contributed by atoms with Gasteiger partial charge in [-0.3, -0.25) is 4.79 Å². The third-order valence-electron chi connectivity index (χ3n) is 4.43. The Hall–Kier alpha value is -2.83. The normalized spacial score (nSPS) is 15.4. The van der Waals surface area contributed by atoms with Gasteiger partial charge in [-0.05, 0) is 57.9 Å². The third kappa shape index (κ3) is 4.87. The Labute approximate surface area is 159 Å². The minimum atomic E-state index is -0.495. The van der Waals surface area contributed by atoms with E-state index in [0.717, 1.165) is 12.8 Å². The van der Waals surface area contributed by atoms with Crippen LogP contribution in [0.4, 0.5) is 10.6 Å². The first-order valence-electron chi connectivity index (χ1n) is 9.20. The average Bonchev–Trinajstić information content (AvgIpc) is 3.11. The molecular weight excluding hydrogens is 344 g/mol. The summed E-state index contributed by atoms with van der Waals surface area (Å²) in [6.07, 6.45) is 4.83. The molecule has 7 nitrogen and oxygen atoms in total. The Bertz CT molecular complexity index is 787. The number of rotatable bonds is 3. The summed E-state index contributed by atoms with van der Waals surface area (Å²) in [6.45, 7) is 6.82. The number of hydrogen-bond acceptors (Lipinski definition) is 4. The first-order chi connectivity index (χ1) is 12.8. The maximum Gasteiger partial charge on any atom is 0.410 e. The van der Waals surface area contributed by atoms with Crippen molar-refractivity contribution in [3.05, 3.63) is 48.4 Å². The smallest absolute Gasteiger partial charge is 0.410 e. The molecule has 1 aliphatic heterocycles. The molecule has 1 fully saturated rings. The number of amides is 2. The van der Waals surface area contributed by atoms with Crippen molar-refractivity contribution in [2.75, 3.05) is 18.4 Å². The number of nitrogens with zero attached hydrogens (tertiary/aromatic N) is 3. The van der Waals surface area contributed by atoms with Crippen LogP contribution in [-0.4, -0.2) is 45.1 Å². The van der Waals surface area contributed by atoms with Crippen LogP contribution in [0.25, 0.3) is 0 Å². The fourth-order valence-corrected chi connectivity index (χ4v) is 3.17. The van der Waals surface area contributed by atoms with Crippen LogP contribution in [0, 0.1) is 0 Å². The summed E-state index contributed by atoms with van der Waals surface area (Å²) in [5.41, 5.74) is 0.0989. The summed E-state index contributed by atoms with van der Waals surface area (Å²) < 4.78 is 7.43. The van der Waals surface area contributed by atoms with Crippen LogP contribution in [0.2, 0.25) is 0 Å². The fraction of sp³-hybridized carbons (Fsp3) is 0.450. The maximum atomic E-state index is 12.6. The van der Waals surface area contributed by atoms with E-state index in [1.54, 1.807) is 29.3 Å². The van der Waals surface area contributed by atoms with Crippen molar-refractivity contribution in [3.63, 3.8) is 0 Å². The second-order valence-electron chi connectivity index (χ2n) is 7.67. The summed E-state index contributed by atoms with van der Waals surface area (Å²) in [4.78, 5) is 30.7. The van der Waals surface area contributed by atoms with Gasteiger partial charge in [0.25, 0.3) is 5.91 Å². The van der Waals surface area contributed by atoms with Gasteiger partial charge in [-0.1, -0.05) is 6.07 Å². The van der Waals surface area contributed by atoms with Gasteiger partial charge >= 0.3 is 6.09 Å². The van der Waals surface area contributed by atoms with E-state index in [2.05, 4.69) is 10.3 Å². The van der Waals surface area contributed by atoms with E-state index >= 15 is 0 Å². The van der Waals surface area contributed by atoms with Crippen LogP contribution in [0.1, 0.15) is 50.1 Å². The molecule has 1 saturated heterocycles. The van der Waals surface area contributed by atoms with E-state index in [-0.39, 0.29) is 18.0 Å². The summed E-state index contributed by atoms with van der Waals surface area (Å²) in [5.74, 6) is 0.336. The summed E-state index contributed by atoms with van der Waals surface area (Å²) in [6, 6.07) is 9.23. The maximum absolute atomic E-state index is 12.6. The van der Waals surface area contributed by atoms with Crippen molar-refractivity contribution >= 4 is 17.8 Å². The zero-order valence-electron chi connectivity index (χ0n) is 16.0. The zero-order chi connectivity index (χ0) is 19.4. The van der Waals surface area contributed by atoms with E-state index in [1.807, 2.05) is 43.7 Å². The van der Waals surface area contributed by atoms with Crippen LogP contribution < -0.4 is 5.32 Å². The number of piperidine rings is 1. The summed E-state index contributed by atoms with van der Waals surface area (Å²) in [7, 11) is 0. The van der Waals surface area contributed by atoms with Crippen molar-refractivity contribution in [3.8, 4) is 0 Å². The van der Waals surface area contributed by atoms with Crippen LogP contribution in [0.5, 0.6) is 0 Å². The van der Waals surface area contributed by atoms with E-state index in [1.165, 1.54) is 0 Å². The van der Waals surface area contributed by atoms with Gasteiger partial charge in [0.2, 0.25) is 0 Å². The van der Waals surface area contributed by atoms with Gasteiger partial charge in [-0.2, -0.15) is 0 Å². The summed E-state index contributed by atoms with van der Waals surface area (Å²) in [5, 5.41) is 2.82. The number of aromatic nitrogens is 2. The average molecular weight is 370 g/mol. The molecule has 2 aromatic heterocycles. The molecule has 0 atom stereocenters. The van der Waals surface area contributed by atoms with Crippen molar-refractivity contribution in [1.29, 1.82) is 0 Å². The Balaban J connectivity index is 1.62. The Morgan fingerprint density at radius 3 is 2.52 bits per heavy atom. The van der Waals surface area contributed by atoms with Crippen molar-refractivity contribution in [1.82, 2.24) is 14.5 Å². The van der Waals surface area contributed by atoms with Crippen molar-refractivity contribution in [2.24, 2.45) is 0 Å². The van der Waals surface area contributed by atoms with E-state index in [0.29, 0.717) is 24.6 Å². The molecular formula is C20H26N4O3. The van der Waals surface area contributed by atoms with Crippen LogP contribution in [0.15, 0.2) is 42.7 Å². The van der Waals surface area contributed by atoms with E-state index in [4.69, 9.17) is 4.74 Å². The Kier molecular flexibility index (Phi) is 5.48. The molecule has 0 bridgehead atoms. The Morgan fingerprint density at radius 2 is 1.89 bits per heavy atom. The number of hydrogen-bond donors (Lipinski definition) is 1. The highest BCUT2D eigenvalue weighted by Gasteiger charge is 2.28. The lowest BCUT2D eigenvalue weighted by Crippen LogP contribution is -2.42. The zero-order valence-corrected chi connectivity index (χ0v) is 16.0. The van der Waals surface area contributed by atoms with E-state index < -0.39 is 5.60 Å². The first kappa shape index (κ1) is 18.9. The number of likely N-dealkylation sites (tertiary alicyclic amines) is 1. The van der Waals surface area contributed by atoms with Gasteiger partial charge in [0.05, 0.1) is 0 Å². The summed E-state index contributed by atoms with van der Waals surface area (Å²) >= 11 is 0. The molecule has 27 heavy (non-hydrogen) atoms. The molecule has 144 valence electrons. The number of anilines is 1. The standard InChI is InChI=1S/C20H26N4O3/c1-20(2,3)27-19(26)23-13-9-15(10-14-23)24-12-6-7-16(24)18(25)22-17-8-4-5-11-21-17/h4-8,11-12,15H,9-10,13-14H2,1-3H3,(H,21,22,25). The molecule has 0 radical (unpaired) electrons. The molecule has 3 rings (SSSR count). The fourth-order valence-electron chi connectivity index (χ4n) is 3.17. The molecule has 2 amide bonds. The molecule has 2 aromatic rings. The monoisotopic (exact) mass is 370 g/mol. The second kappa shape index (κ2) is 7.82.